The van der Waals surface area contributed by atoms with Crippen molar-refractivity contribution < 1.29 is 9.90 Å². The number of likely N-dealkylation sites (tertiary alicyclic amines) is 1. The summed E-state index contributed by atoms with van der Waals surface area (Å²) < 4.78 is 0. The third kappa shape index (κ3) is 2.38. The molecule has 0 unspecified atom stereocenters. The van der Waals surface area contributed by atoms with Crippen molar-refractivity contribution in [2.24, 2.45) is 0 Å². The van der Waals surface area contributed by atoms with Gasteiger partial charge in [-0.2, -0.15) is 0 Å². The summed E-state index contributed by atoms with van der Waals surface area (Å²) >= 11 is 1.59. The number of aryl methyl sites for hydroxylation is 2. The molecule has 0 aliphatic carbocycles. The molecule has 1 amide bonds. The lowest BCUT2D eigenvalue weighted by atomic mass is 10.2. The lowest BCUT2D eigenvalue weighted by molar-refractivity contribution is 0.0682. The summed E-state index contributed by atoms with van der Waals surface area (Å²) in [5.41, 5.74) is 1.21. The van der Waals surface area contributed by atoms with Gasteiger partial charge in [-0.05, 0) is 37.8 Å². The topological polar surface area (TPSA) is 40.5 Å². The van der Waals surface area contributed by atoms with Gasteiger partial charge in [0.1, 0.15) is 0 Å². The van der Waals surface area contributed by atoms with E-state index in [2.05, 4.69) is 13.8 Å². The van der Waals surface area contributed by atoms with Crippen LogP contribution in [0.3, 0.4) is 0 Å². The fourth-order valence-corrected chi connectivity index (χ4v) is 3.48. The highest BCUT2D eigenvalue weighted by atomic mass is 32.1. The molecule has 0 radical (unpaired) electrons. The lowest BCUT2D eigenvalue weighted by Crippen LogP contribution is -2.37. The molecule has 1 atom stereocenters. The van der Waals surface area contributed by atoms with Crippen LogP contribution >= 0.6 is 11.3 Å². The van der Waals surface area contributed by atoms with Crippen molar-refractivity contribution in [2.45, 2.75) is 39.2 Å². The zero-order valence-electron chi connectivity index (χ0n) is 10.4. The van der Waals surface area contributed by atoms with Gasteiger partial charge in [-0.25, -0.2) is 0 Å². The fourth-order valence-electron chi connectivity index (χ4n) is 2.41. The first-order valence-corrected chi connectivity index (χ1v) is 7.00. The summed E-state index contributed by atoms with van der Waals surface area (Å²) in [6.45, 7) is 5.03. The maximum atomic E-state index is 12.3. The Bertz CT molecular complexity index is 414. The van der Waals surface area contributed by atoms with Gasteiger partial charge in [0.05, 0.1) is 17.5 Å². The van der Waals surface area contributed by atoms with E-state index in [4.69, 9.17) is 0 Å². The minimum Gasteiger partial charge on any atom is -0.394 e. The molecule has 1 N–H and O–H groups in total. The second kappa shape index (κ2) is 5.19. The van der Waals surface area contributed by atoms with Gasteiger partial charge in [0.25, 0.3) is 5.91 Å². The largest absolute Gasteiger partial charge is 0.394 e. The van der Waals surface area contributed by atoms with E-state index in [1.54, 1.807) is 11.3 Å². The van der Waals surface area contributed by atoms with E-state index in [1.165, 1.54) is 10.4 Å². The summed E-state index contributed by atoms with van der Waals surface area (Å²) in [6, 6.07) is 2.01. The van der Waals surface area contributed by atoms with Crippen molar-refractivity contribution in [1.82, 2.24) is 4.90 Å². The number of carbonyl (C=O) groups is 1. The molecular weight excluding hydrogens is 234 g/mol. The number of aliphatic hydroxyl groups is 1. The highest BCUT2D eigenvalue weighted by Crippen LogP contribution is 2.26. The molecule has 1 aromatic rings. The van der Waals surface area contributed by atoms with Crippen LogP contribution in [-0.2, 0) is 6.42 Å². The smallest absolute Gasteiger partial charge is 0.264 e. The SMILES string of the molecule is CCc1sc(C(=O)N2CCC[C@H]2CO)cc1C. The Morgan fingerprint density at radius 2 is 2.41 bits per heavy atom. The minimum absolute atomic E-state index is 0.0231. The average molecular weight is 253 g/mol. The molecule has 2 rings (SSSR count). The van der Waals surface area contributed by atoms with Crippen LogP contribution in [0.1, 0.15) is 39.9 Å². The molecule has 1 fully saturated rings. The lowest BCUT2D eigenvalue weighted by Gasteiger charge is -2.22. The van der Waals surface area contributed by atoms with Gasteiger partial charge < -0.3 is 10.0 Å². The summed E-state index contributed by atoms with van der Waals surface area (Å²) in [7, 11) is 0. The quantitative estimate of drug-likeness (QED) is 0.897. The Hall–Kier alpha value is -0.870. The standard InChI is InChI=1S/C13H19NO2S/c1-3-11-9(2)7-12(17-11)13(16)14-6-4-5-10(14)8-15/h7,10,15H,3-6,8H2,1-2H3/t10-/m0/s1. The Kier molecular flexibility index (Phi) is 3.84. The van der Waals surface area contributed by atoms with Crippen LogP contribution in [0.25, 0.3) is 0 Å². The molecule has 2 heterocycles. The van der Waals surface area contributed by atoms with Crippen molar-refractivity contribution in [3.63, 3.8) is 0 Å². The number of rotatable bonds is 3. The number of hydrogen-bond donors (Lipinski definition) is 1. The van der Waals surface area contributed by atoms with Gasteiger partial charge in [-0.1, -0.05) is 6.92 Å². The maximum absolute atomic E-state index is 12.3. The molecule has 0 spiro atoms. The van der Waals surface area contributed by atoms with E-state index in [0.717, 1.165) is 30.7 Å². The normalized spacial score (nSPS) is 19.9. The molecule has 3 nitrogen and oxygen atoms in total. The third-order valence-electron chi connectivity index (χ3n) is 3.40. The van der Waals surface area contributed by atoms with Crippen LogP contribution in [0.2, 0.25) is 0 Å². The molecular formula is C13H19NO2S. The number of thiophene rings is 1. The third-order valence-corrected chi connectivity index (χ3v) is 4.77. The van der Waals surface area contributed by atoms with Crippen LogP contribution in [0.4, 0.5) is 0 Å². The number of aliphatic hydroxyl groups excluding tert-OH is 1. The maximum Gasteiger partial charge on any atom is 0.264 e. The van der Waals surface area contributed by atoms with Crippen molar-refractivity contribution >= 4 is 17.2 Å². The van der Waals surface area contributed by atoms with Gasteiger partial charge >= 0.3 is 0 Å². The van der Waals surface area contributed by atoms with E-state index < -0.39 is 0 Å². The van der Waals surface area contributed by atoms with Crippen LogP contribution in [0, 0.1) is 6.92 Å². The van der Waals surface area contributed by atoms with E-state index >= 15 is 0 Å². The van der Waals surface area contributed by atoms with Gasteiger partial charge in [-0.15, -0.1) is 11.3 Å². The second-order valence-electron chi connectivity index (χ2n) is 4.55. The average Bonchev–Trinajstić information content (AvgIpc) is 2.93. The van der Waals surface area contributed by atoms with E-state index in [-0.39, 0.29) is 18.6 Å². The van der Waals surface area contributed by atoms with Crippen LogP contribution < -0.4 is 0 Å². The Morgan fingerprint density at radius 3 is 3.00 bits per heavy atom. The van der Waals surface area contributed by atoms with Crippen LogP contribution in [0.5, 0.6) is 0 Å². The van der Waals surface area contributed by atoms with Crippen molar-refractivity contribution in [3.05, 3.63) is 21.4 Å². The van der Waals surface area contributed by atoms with E-state index in [0.29, 0.717) is 0 Å². The zero-order chi connectivity index (χ0) is 12.4. The monoisotopic (exact) mass is 253 g/mol. The fraction of sp³-hybridized carbons (Fsp3) is 0.615. The molecule has 0 saturated carbocycles. The van der Waals surface area contributed by atoms with Gasteiger partial charge in [0, 0.05) is 11.4 Å². The Morgan fingerprint density at radius 1 is 1.65 bits per heavy atom. The second-order valence-corrected chi connectivity index (χ2v) is 5.68. The predicted molar refractivity (Wildman–Crippen MR) is 69.6 cm³/mol. The van der Waals surface area contributed by atoms with Crippen molar-refractivity contribution in [2.75, 3.05) is 13.2 Å². The molecule has 4 heteroatoms. The molecule has 1 aromatic heterocycles. The number of amides is 1. The van der Waals surface area contributed by atoms with Gasteiger partial charge in [-0.3, -0.25) is 4.79 Å². The van der Waals surface area contributed by atoms with Crippen molar-refractivity contribution in [1.29, 1.82) is 0 Å². The van der Waals surface area contributed by atoms with Crippen molar-refractivity contribution in [3.8, 4) is 0 Å². The van der Waals surface area contributed by atoms with E-state index in [1.807, 2.05) is 11.0 Å². The first-order valence-electron chi connectivity index (χ1n) is 6.18. The highest BCUT2D eigenvalue weighted by Gasteiger charge is 2.29. The first kappa shape index (κ1) is 12.6. The minimum atomic E-state index is 0.0231. The zero-order valence-corrected chi connectivity index (χ0v) is 11.2. The summed E-state index contributed by atoms with van der Waals surface area (Å²) in [5, 5.41) is 9.25. The molecule has 1 aliphatic heterocycles. The molecule has 1 saturated heterocycles. The first-order chi connectivity index (χ1) is 8.17. The molecule has 0 aromatic carbocycles. The molecule has 94 valence electrons. The van der Waals surface area contributed by atoms with Crippen LogP contribution in [0.15, 0.2) is 6.07 Å². The molecule has 17 heavy (non-hydrogen) atoms. The number of hydrogen-bond acceptors (Lipinski definition) is 3. The molecule has 0 bridgehead atoms. The van der Waals surface area contributed by atoms with E-state index in [9.17, 15) is 9.90 Å². The van der Waals surface area contributed by atoms with Gasteiger partial charge in [0.15, 0.2) is 0 Å². The summed E-state index contributed by atoms with van der Waals surface area (Å²) in [4.78, 5) is 16.3. The highest BCUT2D eigenvalue weighted by molar-refractivity contribution is 7.14. The Labute approximate surface area is 106 Å². The number of carbonyl (C=O) groups excluding carboxylic acids is 1. The van der Waals surface area contributed by atoms with Crippen LogP contribution in [-0.4, -0.2) is 35.1 Å². The molecule has 1 aliphatic rings. The summed E-state index contributed by atoms with van der Waals surface area (Å²) in [5.74, 6) is 0.0920. The number of nitrogens with zero attached hydrogens (tertiary/aromatic N) is 1. The summed E-state index contributed by atoms with van der Waals surface area (Å²) in [6.07, 6.45) is 2.91. The predicted octanol–water partition coefficient (Wildman–Crippen LogP) is 2.22. The Balaban J connectivity index is 2.18. The van der Waals surface area contributed by atoms with Gasteiger partial charge in [0.2, 0.25) is 0 Å².